The Kier molecular flexibility index (Phi) is 4.11. The van der Waals surface area contributed by atoms with Crippen molar-refractivity contribution in [1.82, 2.24) is 0 Å². The molecule has 2 N–H and O–H groups in total. The number of halogens is 1. The van der Waals surface area contributed by atoms with Gasteiger partial charge in [0.1, 0.15) is 0 Å². The number of primary sulfonamides is 1. The van der Waals surface area contributed by atoms with Crippen molar-refractivity contribution in [3.8, 4) is 33.8 Å². The lowest BCUT2D eigenvalue weighted by molar-refractivity contribution is 0.174. The van der Waals surface area contributed by atoms with Gasteiger partial charge in [0, 0.05) is 5.02 Å². The normalized spacial score (nSPS) is 13.0. The van der Waals surface area contributed by atoms with Crippen molar-refractivity contribution in [2.75, 3.05) is 6.79 Å². The maximum atomic E-state index is 11.5. The summed E-state index contributed by atoms with van der Waals surface area (Å²) < 4.78 is 34.0. The van der Waals surface area contributed by atoms with E-state index in [-0.39, 0.29) is 11.7 Å². The van der Waals surface area contributed by atoms with E-state index in [9.17, 15) is 8.42 Å². The molecule has 0 unspecified atom stereocenters. The van der Waals surface area contributed by atoms with E-state index in [0.29, 0.717) is 16.5 Å². The zero-order valence-electron chi connectivity index (χ0n) is 13.5. The van der Waals surface area contributed by atoms with Gasteiger partial charge in [-0.2, -0.15) is 0 Å². The predicted octanol–water partition coefficient (Wildman–Crippen LogP) is 4.05. The maximum Gasteiger partial charge on any atom is 0.238 e. The number of benzene rings is 3. The second-order valence-corrected chi connectivity index (χ2v) is 7.83. The summed E-state index contributed by atoms with van der Waals surface area (Å²) in [6.45, 7) is 0.165. The van der Waals surface area contributed by atoms with Crippen molar-refractivity contribution < 1.29 is 17.9 Å². The molecule has 0 radical (unpaired) electrons. The molecule has 4 rings (SSSR count). The summed E-state index contributed by atoms with van der Waals surface area (Å²) in [6, 6.07) is 17.7. The Balaban J connectivity index is 1.90. The van der Waals surface area contributed by atoms with Crippen LogP contribution in [0.15, 0.2) is 65.6 Å². The smallest absolute Gasteiger partial charge is 0.238 e. The summed E-state index contributed by atoms with van der Waals surface area (Å²) in [5.41, 5.74) is 3.52. The highest BCUT2D eigenvalue weighted by atomic mass is 35.5. The topological polar surface area (TPSA) is 78.6 Å². The molecule has 5 nitrogen and oxygen atoms in total. The van der Waals surface area contributed by atoms with Crippen LogP contribution in [0.25, 0.3) is 22.3 Å². The van der Waals surface area contributed by atoms with Gasteiger partial charge in [0.2, 0.25) is 16.8 Å². The Morgan fingerprint density at radius 3 is 2.04 bits per heavy atom. The summed E-state index contributed by atoms with van der Waals surface area (Å²) in [6.07, 6.45) is 0. The van der Waals surface area contributed by atoms with Crippen LogP contribution in [0.3, 0.4) is 0 Å². The van der Waals surface area contributed by atoms with E-state index in [0.717, 1.165) is 22.3 Å². The minimum absolute atomic E-state index is 0.0614. The van der Waals surface area contributed by atoms with Crippen LogP contribution in [0.5, 0.6) is 11.5 Å². The van der Waals surface area contributed by atoms with Crippen molar-refractivity contribution in [2.24, 2.45) is 5.14 Å². The number of nitrogens with two attached hydrogens (primary N) is 1. The highest BCUT2D eigenvalue weighted by Gasteiger charge is 2.19. The van der Waals surface area contributed by atoms with Crippen molar-refractivity contribution in [3.63, 3.8) is 0 Å². The van der Waals surface area contributed by atoms with Crippen molar-refractivity contribution in [3.05, 3.63) is 65.7 Å². The second kappa shape index (κ2) is 6.32. The zero-order chi connectivity index (χ0) is 18.3. The minimum Gasteiger partial charge on any atom is -0.454 e. The molecular formula is C19H14ClNO4S. The summed E-state index contributed by atoms with van der Waals surface area (Å²) in [4.78, 5) is 0.0614. The van der Waals surface area contributed by atoms with Gasteiger partial charge in [0.05, 0.1) is 4.90 Å². The van der Waals surface area contributed by atoms with E-state index >= 15 is 0 Å². The van der Waals surface area contributed by atoms with Crippen LogP contribution in [0.2, 0.25) is 5.02 Å². The molecule has 0 aromatic heterocycles. The third-order valence-electron chi connectivity index (χ3n) is 4.14. The van der Waals surface area contributed by atoms with Crippen LogP contribution >= 0.6 is 11.6 Å². The second-order valence-electron chi connectivity index (χ2n) is 5.83. The molecule has 1 aliphatic rings. The van der Waals surface area contributed by atoms with Crippen LogP contribution in [-0.4, -0.2) is 15.2 Å². The van der Waals surface area contributed by atoms with Crippen molar-refractivity contribution in [2.45, 2.75) is 4.90 Å². The Morgan fingerprint density at radius 1 is 0.846 bits per heavy atom. The molecule has 1 aliphatic heterocycles. The molecule has 26 heavy (non-hydrogen) atoms. The highest BCUT2D eigenvalue weighted by Crippen LogP contribution is 2.43. The largest absolute Gasteiger partial charge is 0.454 e. The third kappa shape index (κ3) is 3.14. The Bertz CT molecular complexity index is 1100. The quantitative estimate of drug-likeness (QED) is 0.735. The molecule has 0 atom stereocenters. The fraction of sp³-hybridized carbons (Fsp3) is 0.0526. The number of ether oxygens (including phenoxy) is 2. The molecule has 0 spiro atoms. The van der Waals surface area contributed by atoms with Crippen LogP contribution in [0.4, 0.5) is 0 Å². The Labute approximate surface area is 156 Å². The molecule has 3 aromatic carbocycles. The van der Waals surface area contributed by atoms with Crippen molar-refractivity contribution in [1.29, 1.82) is 0 Å². The monoisotopic (exact) mass is 387 g/mol. The number of hydrogen-bond acceptors (Lipinski definition) is 4. The fourth-order valence-electron chi connectivity index (χ4n) is 2.90. The van der Waals surface area contributed by atoms with Gasteiger partial charge in [0.25, 0.3) is 0 Å². The van der Waals surface area contributed by atoms with E-state index < -0.39 is 10.0 Å². The molecule has 0 saturated carbocycles. The Morgan fingerprint density at radius 2 is 1.46 bits per heavy atom. The minimum atomic E-state index is -3.74. The SMILES string of the molecule is NS(=O)(=O)c1ccc(-c2cc3c(cc2-c2cccc(Cl)c2)OCO3)cc1. The van der Waals surface area contributed by atoms with Crippen LogP contribution in [0.1, 0.15) is 0 Å². The summed E-state index contributed by atoms with van der Waals surface area (Å²) in [5.74, 6) is 1.30. The lowest BCUT2D eigenvalue weighted by Gasteiger charge is -2.13. The molecule has 7 heteroatoms. The van der Waals surface area contributed by atoms with E-state index in [1.807, 2.05) is 30.3 Å². The van der Waals surface area contributed by atoms with Gasteiger partial charge >= 0.3 is 0 Å². The van der Waals surface area contributed by atoms with Crippen LogP contribution in [-0.2, 0) is 10.0 Å². The molecule has 0 saturated heterocycles. The molecule has 0 aliphatic carbocycles. The average Bonchev–Trinajstić information content (AvgIpc) is 3.07. The van der Waals surface area contributed by atoms with Gasteiger partial charge in [-0.15, -0.1) is 0 Å². The van der Waals surface area contributed by atoms with E-state index in [1.165, 1.54) is 12.1 Å². The van der Waals surface area contributed by atoms with E-state index in [1.54, 1.807) is 18.2 Å². The molecular weight excluding hydrogens is 374 g/mol. The van der Waals surface area contributed by atoms with Gasteiger partial charge in [0.15, 0.2) is 11.5 Å². The van der Waals surface area contributed by atoms with Gasteiger partial charge < -0.3 is 9.47 Å². The predicted molar refractivity (Wildman–Crippen MR) is 99.8 cm³/mol. The first kappa shape index (κ1) is 16.9. The van der Waals surface area contributed by atoms with Crippen LogP contribution < -0.4 is 14.6 Å². The molecule has 132 valence electrons. The molecule has 1 heterocycles. The van der Waals surface area contributed by atoms with Gasteiger partial charge in [-0.1, -0.05) is 35.9 Å². The first-order chi connectivity index (χ1) is 12.4. The number of rotatable bonds is 3. The maximum absolute atomic E-state index is 11.5. The standard InChI is InChI=1S/C19H14ClNO4S/c20-14-3-1-2-13(8-14)17-10-19-18(24-11-25-19)9-16(17)12-4-6-15(7-5-12)26(21,22)23/h1-10H,11H2,(H2,21,22,23). The molecule has 0 fully saturated rings. The summed E-state index contributed by atoms with van der Waals surface area (Å²) >= 11 is 6.14. The fourth-order valence-corrected chi connectivity index (χ4v) is 3.61. The molecule has 3 aromatic rings. The number of hydrogen-bond donors (Lipinski definition) is 1. The highest BCUT2D eigenvalue weighted by molar-refractivity contribution is 7.89. The first-order valence-corrected chi connectivity index (χ1v) is 9.67. The number of sulfonamides is 1. The molecule has 0 bridgehead atoms. The summed E-state index contributed by atoms with van der Waals surface area (Å²) in [5, 5.41) is 5.80. The zero-order valence-corrected chi connectivity index (χ0v) is 15.0. The van der Waals surface area contributed by atoms with E-state index in [4.69, 9.17) is 26.2 Å². The number of fused-ring (bicyclic) bond motifs is 1. The lowest BCUT2D eigenvalue weighted by atomic mass is 9.94. The van der Waals surface area contributed by atoms with Gasteiger partial charge in [-0.25, -0.2) is 13.6 Å². The van der Waals surface area contributed by atoms with Gasteiger partial charge in [-0.3, -0.25) is 0 Å². The van der Waals surface area contributed by atoms with E-state index in [2.05, 4.69) is 0 Å². The van der Waals surface area contributed by atoms with Crippen LogP contribution in [0, 0.1) is 0 Å². The Hall–Kier alpha value is -2.54. The summed E-state index contributed by atoms with van der Waals surface area (Å²) in [7, 11) is -3.74. The van der Waals surface area contributed by atoms with Crippen molar-refractivity contribution >= 4 is 21.6 Å². The first-order valence-electron chi connectivity index (χ1n) is 7.75. The molecule has 0 amide bonds. The van der Waals surface area contributed by atoms with Gasteiger partial charge in [-0.05, 0) is 58.7 Å². The third-order valence-corrected chi connectivity index (χ3v) is 5.31. The average molecular weight is 388 g/mol. The lowest BCUT2D eigenvalue weighted by Crippen LogP contribution is -2.11.